The van der Waals surface area contributed by atoms with E-state index >= 15 is 0 Å². The molecule has 3 aromatic rings. The Bertz CT molecular complexity index is 1110. The third-order valence-electron chi connectivity index (χ3n) is 3.93. The topological polar surface area (TPSA) is 177 Å². The van der Waals surface area contributed by atoms with Gasteiger partial charge in [-0.25, -0.2) is 19.6 Å². The third kappa shape index (κ3) is 4.60. The summed E-state index contributed by atoms with van der Waals surface area (Å²) in [7, 11) is 2.49. The van der Waals surface area contributed by atoms with Crippen LogP contribution in [0.4, 0.5) is 17.5 Å². The van der Waals surface area contributed by atoms with Crippen LogP contribution in [-0.2, 0) is 20.8 Å². The van der Waals surface area contributed by atoms with Crippen molar-refractivity contribution in [1.29, 1.82) is 0 Å². The van der Waals surface area contributed by atoms with Crippen molar-refractivity contribution in [3.63, 3.8) is 0 Å². The van der Waals surface area contributed by atoms with Crippen LogP contribution in [0, 0.1) is 0 Å². The summed E-state index contributed by atoms with van der Waals surface area (Å²) in [6.45, 7) is -0.0801. The van der Waals surface area contributed by atoms with Crippen molar-refractivity contribution in [1.82, 2.24) is 19.9 Å². The Morgan fingerprint density at radius 2 is 1.90 bits per heavy atom. The summed E-state index contributed by atoms with van der Waals surface area (Å²) in [5, 5.41) is 3.13. The Kier molecular flexibility index (Phi) is 6.05. The van der Waals surface area contributed by atoms with E-state index in [1.165, 1.54) is 26.5 Å². The number of rotatable bonds is 7. The molecule has 12 heteroatoms. The van der Waals surface area contributed by atoms with E-state index in [4.69, 9.17) is 20.9 Å². The molecule has 5 N–H and O–H groups in total. The lowest BCUT2D eigenvalue weighted by Crippen LogP contribution is -2.15. The fourth-order valence-corrected chi connectivity index (χ4v) is 2.49. The van der Waals surface area contributed by atoms with E-state index in [1.54, 1.807) is 12.1 Å². The number of nitrogens with one attached hydrogen (secondary N) is 1. The maximum absolute atomic E-state index is 11.9. The molecule has 0 saturated heterocycles. The Labute approximate surface area is 170 Å². The molecule has 0 saturated carbocycles. The van der Waals surface area contributed by atoms with E-state index in [2.05, 4.69) is 30.0 Å². The minimum absolute atomic E-state index is 0.0188. The Morgan fingerprint density at radius 1 is 1.10 bits per heavy atom. The first-order valence-corrected chi connectivity index (χ1v) is 8.61. The number of esters is 2. The summed E-state index contributed by atoms with van der Waals surface area (Å²) in [6, 6.07) is 4.73. The molecule has 2 heterocycles. The van der Waals surface area contributed by atoms with Crippen molar-refractivity contribution in [2.45, 2.75) is 6.54 Å². The average molecular weight is 413 g/mol. The van der Waals surface area contributed by atoms with E-state index < -0.39 is 11.9 Å². The Hall–Kier alpha value is -4.22. The van der Waals surface area contributed by atoms with Gasteiger partial charge in [-0.1, -0.05) is 0 Å². The number of hydrogen-bond donors (Lipinski definition) is 3. The number of aromatic nitrogens is 4. The average Bonchev–Trinajstić information content (AvgIpc) is 2.75. The second-order valence-electron chi connectivity index (χ2n) is 5.92. The molecule has 0 spiro atoms. The fourth-order valence-electron chi connectivity index (χ4n) is 2.49. The van der Waals surface area contributed by atoms with Crippen molar-refractivity contribution in [2.75, 3.05) is 37.6 Å². The summed E-state index contributed by atoms with van der Waals surface area (Å²) in [5.74, 6) is -0.874. The normalized spacial score (nSPS) is 10.5. The molecule has 156 valence electrons. The zero-order valence-electron chi connectivity index (χ0n) is 16.2. The zero-order chi connectivity index (χ0) is 21.7. The summed E-state index contributed by atoms with van der Waals surface area (Å²) in [4.78, 5) is 39.7. The summed E-state index contributed by atoms with van der Waals surface area (Å²) in [5.41, 5.74) is 13.4. The fraction of sp³-hybridized carbons (Fsp3) is 0.222. The molecule has 0 aliphatic rings. The molecular weight excluding hydrogens is 394 g/mol. The van der Waals surface area contributed by atoms with Crippen molar-refractivity contribution in [3.8, 4) is 5.75 Å². The highest BCUT2D eigenvalue weighted by Gasteiger charge is 2.15. The number of fused-ring (bicyclic) bond motifs is 1. The van der Waals surface area contributed by atoms with Gasteiger partial charge in [-0.3, -0.25) is 0 Å². The number of carbonyl (C=O) groups excluding carboxylic acids is 2. The van der Waals surface area contributed by atoms with Gasteiger partial charge in [-0.15, -0.1) is 0 Å². The van der Waals surface area contributed by atoms with E-state index in [0.717, 1.165) is 0 Å². The van der Waals surface area contributed by atoms with E-state index in [-0.39, 0.29) is 36.2 Å². The van der Waals surface area contributed by atoms with Crippen molar-refractivity contribution in [3.05, 3.63) is 35.7 Å². The van der Waals surface area contributed by atoms with E-state index in [9.17, 15) is 9.59 Å². The quantitative estimate of drug-likeness (QED) is 0.458. The molecule has 3 rings (SSSR count). The SMILES string of the molecule is COC(=O)COc1cc(NCc2cnc3nc(N)nc(N)c3n2)ccc1C(=O)OC. The van der Waals surface area contributed by atoms with Gasteiger partial charge in [0.15, 0.2) is 23.6 Å². The summed E-state index contributed by atoms with van der Waals surface area (Å²) < 4.78 is 14.7. The molecule has 0 bridgehead atoms. The number of ether oxygens (including phenoxy) is 3. The molecule has 12 nitrogen and oxygen atoms in total. The van der Waals surface area contributed by atoms with Gasteiger partial charge in [0.1, 0.15) is 11.3 Å². The first-order chi connectivity index (χ1) is 14.4. The molecule has 0 radical (unpaired) electrons. The van der Waals surface area contributed by atoms with Gasteiger partial charge < -0.3 is 31.0 Å². The number of carbonyl (C=O) groups is 2. The lowest BCUT2D eigenvalue weighted by Gasteiger charge is -2.13. The van der Waals surface area contributed by atoms with Crippen molar-refractivity contribution in [2.24, 2.45) is 0 Å². The molecule has 2 aromatic heterocycles. The van der Waals surface area contributed by atoms with Crippen LogP contribution in [0.1, 0.15) is 16.1 Å². The molecule has 0 aliphatic heterocycles. The Balaban J connectivity index is 1.79. The van der Waals surface area contributed by atoms with Gasteiger partial charge >= 0.3 is 11.9 Å². The summed E-state index contributed by atoms with van der Waals surface area (Å²) in [6.07, 6.45) is 1.53. The lowest BCUT2D eigenvalue weighted by atomic mass is 10.1. The van der Waals surface area contributed by atoms with Crippen molar-refractivity contribution >= 4 is 40.6 Å². The standard InChI is InChI=1S/C18H19N7O5/c1-28-13(26)8-30-12-5-9(3-4-11(12)17(27)29-2)21-6-10-7-22-16-14(23-10)15(19)24-18(20)25-16/h3-5,7,21H,6,8H2,1-2H3,(H4,19,20,22,24,25). The van der Waals surface area contributed by atoms with Gasteiger partial charge in [0, 0.05) is 11.8 Å². The van der Waals surface area contributed by atoms with Gasteiger partial charge in [-0.05, 0) is 12.1 Å². The number of benzene rings is 1. The zero-order valence-corrected chi connectivity index (χ0v) is 16.2. The van der Waals surface area contributed by atoms with E-state index in [1.807, 2.05) is 0 Å². The number of anilines is 3. The van der Waals surface area contributed by atoms with Crippen LogP contribution in [0.3, 0.4) is 0 Å². The highest BCUT2D eigenvalue weighted by molar-refractivity contribution is 5.93. The molecule has 0 amide bonds. The van der Waals surface area contributed by atoms with Crippen LogP contribution in [-0.4, -0.2) is 52.7 Å². The molecule has 0 atom stereocenters. The van der Waals surface area contributed by atoms with Crippen LogP contribution in [0.2, 0.25) is 0 Å². The second kappa shape index (κ2) is 8.86. The predicted molar refractivity (Wildman–Crippen MR) is 107 cm³/mol. The monoisotopic (exact) mass is 413 g/mol. The van der Waals surface area contributed by atoms with Gasteiger partial charge in [0.05, 0.1) is 32.7 Å². The van der Waals surface area contributed by atoms with Crippen LogP contribution < -0.4 is 21.5 Å². The van der Waals surface area contributed by atoms with E-state index in [0.29, 0.717) is 22.5 Å². The first-order valence-electron chi connectivity index (χ1n) is 8.61. The number of nitrogens with zero attached hydrogens (tertiary/aromatic N) is 4. The molecule has 0 aliphatic carbocycles. The minimum Gasteiger partial charge on any atom is -0.481 e. The maximum atomic E-state index is 11.9. The largest absolute Gasteiger partial charge is 0.481 e. The third-order valence-corrected chi connectivity index (χ3v) is 3.93. The lowest BCUT2D eigenvalue weighted by molar-refractivity contribution is -0.142. The smallest absolute Gasteiger partial charge is 0.343 e. The predicted octanol–water partition coefficient (Wildman–Crippen LogP) is 0.535. The number of methoxy groups -OCH3 is 2. The number of nitrogens with two attached hydrogens (primary N) is 2. The number of nitrogen functional groups attached to an aromatic ring is 2. The van der Waals surface area contributed by atoms with Gasteiger partial charge in [-0.2, -0.15) is 9.97 Å². The summed E-state index contributed by atoms with van der Waals surface area (Å²) >= 11 is 0. The molecule has 0 unspecified atom stereocenters. The van der Waals surface area contributed by atoms with Crippen LogP contribution >= 0.6 is 0 Å². The maximum Gasteiger partial charge on any atom is 0.343 e. The first kappa shape index (κ1) is 20.5. The minimum atomic E-state index is -0.600. The molecule has 30 heavy (non-hydrogen) atoms. The Morgan fingerprint density at radius 3 is 2.63 bits per heavy atom. The highest BCUT2D eigenvalue weighted by Crippen LogP contribution is 2.25. The van der Waals surface area contributed by atoms with Gasteiger partial charge in [0.2, 0.25) is 5.95 Å². The van der Waals surface area contributed by atoms with Crippen LogP contribution in [0.15, 0.2) is 24.4 Å². The van der Waals surface area contributed by atoms with Gasteiger partial charge in [0.25, 0.3) is 0 Å². The highest BCUT2D eigenvalue weighted by atomic mass is 16.6. The van der Waals surface area contributed by atoms with Crippen molar-refractivity contribution < 1.29 is 23.8 Å². The molecule has 0 fully saturated rings. The van der Waals surface area contributed by atoms with Crippen LogP contribution in [0.5, 0.6) is 5.75 Å². The molecular formula is C18H19N7O5. The second-order valence-corrected chi connectivity index (χ2v) is 5.92. The number of hydrogen-bond acceptors (Lipinski definition) is 12. The van der Waals surface area contributed by atoms with Crippen LogP contribution in [0.25, 0.3) is 11.2 Å². The molecule has 1 aromatic carbocycles.